The molecule has 0 saturated carbocycles. The molecule has 3 saturated heterocycles. The lowest BCUT2D eigenvalue weighted by atomic mass is 9.95. The third-order valence-electron chi connectivity index (χ3n) is 11.5. The Bertz CT molecular complexity index is 2200. The molecule has 0 spiro atoms. The van der Waals surface area contributed by atoms with Crippen molar-refractivity contribution in [2.24, 2.45) is 0 Å². The number of amides is 6. The molecule has 3 aromatic rings. The zero-order chi connectivity index (χ0) is 44.8. The molecule has 3 fully saturated rings. The molecule has 7 atom stereocenters. The largest absolute Gasteiger partial charge is 0.505 e. The number of esters is 1. The standard InChI is InChI=1S/C44H52N8O10/c1-25-41(58)51-21-10-13-31(51)42(59)50(5)33(23-27-15-17-29(18-16-27)49(3)4)43(60)52-22-19-30(53)24-32(52)38(55)48-36(28-11-7-6-8-12-28)44(61)62-26(2)35(39(56)46-25)47-40(57)37-34(54)14-9-20-45-37/h6-9,11-12,14-18,20,25-26,31-33,35-36,54H,10,13,19,21-24H2,1-5H3,(H,46,56)(H,47,57)(H,48,55)/t25-,26?,31?,32?,33+,35?,36?/m1/s1. The van der Waals surface area contributed by atoms with Gasteiger partial charge in [-0.2, -0.15) is 0 Å². The highest BCUT2D eigenvalue weighted by molar-refractivity contribution is 6.01. The third kappa shape index (κ3) is 9.85. The molecule has 18 nitrogen and oxygen atoms in total. The van der Waals surface area contributed by atoms with Gasteiger partial charge in [-0.3, -0.25) is 33.6 Å². The zero-order valence-electron chi connectivity index (χ0n) is 35.3. The zero-order valence-corrected chi connectivity index (χ0v) is 35.3. The van der Waals surface area contributed by atoms with Crippen LogP contribution in [-0.2, 0) is 44.7 Å². The van der Waals surface area contributed by atoms with Crippen molar-refractivity contribution in [3.63, 3.8) is 0 Å². The lowest BCUT2D eigenvalue weighted by Gasteiger charge is -2.40. The van der Waals surface area contributed by atoms with Gasteiger partial charge in [0, 0.05) is 65.4 Å². The number of piperidine rings is 1. The number of benzene rings is 2. The number of pyridine rings is 1. The summed E-state index contributed by atoms with van der Waals surface area (Å²) in [6.07, 6.45) is 0.0953. The van der Waals surface area contributed by atoms with Crippen molar-refractivity contribution in [3.05, 3.63) is 89.7 Å². The summed E-state index contributed by atoms with van der Waals surface area (Å²) < 4.78 is 5.82. The van der Waals surface area contributed by atoms with Gasteiger partial charge in [-0.15, -0.1) is 0 Å². The third-order valence-corrected chi connectivity index (χ3v) is 11.5. The number of fused-ring (bicyclic) bond motifs is 2. The van der Waals surface area contributed by atoms with Crippen LogP contribution in [0, 0.1) is 0 Å². The number of ketones is 1. The summed E-state index contributed by atoms with van der Waals surface area (Å²) in [6, 6.07) is 9.97. The fourth-order valence-corrected chi connectivity index (χ4v) is 8.01. The van der Waals surface area contributed by atoms with E-state index < -0.39 is 95.2 Å². The van der Waals surface area contributed by atoms with Gasteiger partial charge < -0.3 is 45.4 Å². The molecule has 1 aromatic heterocycles. The minimum Gasteiger partial charge on any atom is -0.505 e. The average molecular weight is 853 g/mol. The summed E-state index contributed by atoms with van der Waals surface area (Å²) in [5, 5.41) is 18.1. The Morgan fingerprint density at radius 3 is 2.23 bits per heavy atom. The summed E-state index contributed by atoms with van der Waals surface area (Å²) in [4.78, 5) is 123. The van der Waals surface area contributed by atoms with E-state index in [0.29, 0.717) is 12.0 Å². The number of hydrogen-bond donors (Lipinski definition) is 4. The summed E-state index contributed by atoms with van der Waals surface area (Å²) in [7, 11) is 5.24. The Balaban J connectivity index is 1.42. The first-order chi connectivity index (χ1) is 29.5. The fraction of sp³-hybridized carbons (Fsp3) is 0.432. The molecule has 62 heavy (non-hydrogen) atoms. The van der Waals surface area contributed by atoms with E-state index in [1.165, 1.54) is 53.9 Å². The van der Waals surface area contributed by atoms with Gasteiger partial charge >= 0.3 is 5.97 Å². The molecular weight excluding hydrogens is 801 g/mol. The van der Waals surface area contributed by atoms with E-state index in [-0.39, 0.29) is 50.1 Å². The van der Waals surface area contributed by atoms with Crippen molar-refractivity contribution in [2.45, 2.75) is 88.3 Å². The van der Waals surface area contributed by atoms with Crippen LogP contribution in [0.25, 0.3) is 0 Å². The molecule has 0 bridgehead atoms. The molecule has 3 aliphatic rings. The molecule has 4 N–H and O–H groups in total. The highest BCUT2D eigenvalue weighted by Crippen LogP contribution is 2.27. The number of ether oxygens (including phenoxy) is 1. The lowest BCUT2D eigenvalue weighted by molar-refractivity contribution is -0.156. The van der Waals surface area contributed by atoms with E-state index in [1.54, 1.807) is 30.3 Å². The number of anilines is 1. The van der Waals surface area contributed by atoms with Crippen LogP contribution in [0.3, 0.4) is 0 Å². The minimum atomic E-state index is -1.68. The second-order valence-corrected chi connectivity index (χ2v) is 16.0. The number of Topliss-reactive ketones (excluding diaryl/α,β-unsaturated/α-hetero) is 1. The predicted molar refractivity (Wildman–Crippen MR) is 223 cm³/mol. The van der Waals surface area contributed by atoms with E-state index in [9.17, 15) is 43.5 Å². The van der Waals surface area contributed by atoms with Crippen LogP contribution in [0.5, 0.6) is 5.75 Å². The molecule has 3 aliphatic heterocycles. The van der Waals surface area contributed by atoms with E-state index in [2.05, 4.69) is 20.9 Å². The van der Waals surface area contributed by atoms with Gasteiger partial charge in [0.1, 0.15) is 47.8 Å². The molecule has 0 aliphatic carbocycles. The first-order valence-electron chi connectivity index (χ1n) is 20.5. The Kier molecular flexibility index (Phi) is 13.9. The number of aromatic nitrogens is 1. The average Bonchev–Trinajstić information content (AvgIpc) is 3.75. The van der Waals surface area contributed by atoms with Crippen LogP contribution in [0.1, 0.15) is 67.2 Å². The number of hydrogen-bond acceptors (Lipinski definition) is 12. The van der Waals surface area contributed by atoms with Crippen LogP contribution in [0.4, 0.5) is 5.69 Å². The monoisotopic (exact) mass is 852 g/mol. The summed E-state index contributed by atoms with van der Waals surface area (Å²) in [6.45, 7) is 2.75. The van der Waals surface area contributed by atoms with Crippen LogP contribution in [-0.4, -0.2) is 143 Å². The minimum absolute atomic E-state index is 0.0287. The lowest BCUT2D eigenvalue weighted by Crippen LogP contribution is -2.61. The predicted octanol–water partition coefficient (Wildman–Crippen LogP) is 0.880. The molecule has 6 rings (SSSR count). The number of cyclic esters (lactones) is 1. The molecule has 2 aromatic carbocycles. The van der Waals surface area contributed by atoms with Gasteiger partial charge in [-0.25, -0.2) is 9.78 Å². The molecular formula is C44H52N8O10. The summed E-state index contributed by atoms with van der Waals surface area (Å²) >= 11 is 0. The van der Waals surface area contributed by atoms with Crippen molar-refractivity contribution in [3.8, 4) is 5.75 Å². The van der Waals surface area contributed by atoms with E-state index in [4.69, 9.17) is 4.74 Å². The SMILES string of the molecule is CC1OC(=O)C(c2ccccc2)NC(=O)C2CC(=O)CCN2C(=O)[C@H](Cc2ccc(N(C)C)cc2)N(C)C(=O)C2CCCN2C(=O)[C@@H](C)NC(=O)C1NC(=O)c1ncccc1O. The number of nitrogens with one attached hydrogen (secondary N) is 3. The van der Waals surface area contributed by atoms with Gasteiger partial charge in [-0.05, 0) is 62.1 Å². The number of rotatable bonds is 6. The summed E-state index contributed by atoms with van der Waals surface area (Å²) in [5.74, 6) is -6.40. The van der Waals surface area contributed by atoms with Gasteiger partial charge in [0.05, 0.1) is 0 Å². The Morgan fingerprint density at radius 1 is 0.855 bits per heavy atom. The second kappa shape index (κ2) is 19.2. The number of aromatic hydroxyl groups is 1. The van der Waals surface area contributed by atoms with Crippen molar-refractivity contribution in [1.29, 1.82) is 0 Å². The first-order valence-corrected chi connectivity index (χ1v) is 20.5. The Hall–Kier alpha value is -6.85. The van der Waals surface area contributed by atoms with Gasteiger partial charge in [-0.1, -0.05) is 42.5 Å². The molecule has 18 heteroatoms. The second-order valence-electron chi connectivity index (χ2n) is 16.0. The highest BCUT2D eigenvalue weighted by atomic mass is 16.5. The number of carbonyl (C=O) groups is 8. The maximum atomic E-state index is 14.9. The fourth-order valence-electron chi connectivity index (χ4n) is 8.01. The van der Waals surface area contributed by atoms with Gasteiger partial charge in [0.2, 0.25) is 29.5 Å². The maximum Gasteiger partial charge on any atom is 0.333 e. The van der Waals surface area contributed by atoms with Gasteiger partial charge in [0.25, 0.3) is 5.91 Å². The van der Waals surface area contributed by atoms with Crippen LogP contribution in [0.15, 0.2) is 72.9 Å². The number of likely N-dealkylation sites (N-methyl/N-ethyl adjacent to an activating group) is 1. The molecule has 0 radical (unpaired) electrons. The van der Waals surface area contributed by atoms with Crippen molar-refractivity contribution in [1.82, 2.24) is 35.6 Å². The number of nitrogens with zero attached hydrogens (tertiary/aromatic N) is 5. The normalized spacial score (nSPS) is 25.7. The van der Waals surface area contributed by atoms with E-state index in [1.807, 2.05) is 43.3 Å². The van der Waals surface area contributed by atoms with Crippen molar-refractivity contribution in [2.75, 3.05) is 39.1 Å². The molecule has 6 amide bonds. The van der Waals surface area contributed by atoms with Gasteiger partial charge in [0.15, 0.2) is 11.7 Å². The van der Waals surface area contributed by atoms with Crippen molar-refractivity contribution < 1.29 is 48.2 Å². The van der Waals surface area contributed by atoms with Crippen LogP contribution >= 0.6 is 0 Å². The Morgan fingerprint density at radius 2 is 1.55 bits per heavy atom. The van der Waals surface area contributed by atoms with Crippen LogP contribution in [0.2, 0.25) is 0 Å². The summed E-state index contributed by atoms with van der Waals surface area (Å²) in [5.41, 5.74) is 1.44. The quantitative estimate of drug-likeness (QED) is 0.254. The maximum absolute atomic E-state index is 14.9. The Labute approximate surface area is 358 Å². The van der Waals surface area contributed by atoms with Crippen molar-refractivity contribution >= 4 is 52.9 Å². The molecule has 5 unspecified atom stereocenters. The molecule has 4 heterocycles. The van der Waals surface area contributed by atoms with E-state index in [0.717, 1.165) is 5.69 Å². The smallest absolute Gasteiger partial charge is 0.333 e. The number of carbonyl (C=O) groups excluding carboxylic acids is 8. The first kappa shape index (κ1) is 44.7. The molecule has 328 valence electrons. The van der Waals surface area contributed by atoms with Crippen LogP contribution < -0.4 is 20.9 Å². The van der Waals surface area contributed by atoms with E-state index >= 15 is 0 Å². The highest BCUT2D eigenvalue weighted by Gasteiger charge is 2.45. The topological polar surface area (TPSA) is 228 Å².